The molecule has 10 heteroatoms. The Balaban J connectivity index is 3.46. The number of benzene rings is 1. The Morgan fingerprint density at radius 2 is 1.61 bits per heavy atom. The number of rotatable bonds is 15. The standard InChI is InChI=1S/C31H45NO9/c1-19(2)22(28(34)21-12-13-26(38-9)27(16-21)40-15-11-14-37-8)17-24(32-30(36)41-31(5,6)7)25(33)18-23(20(3)4)29(35)39-10/h12-13,16,20,23H,11,14-15,17-18H2,1-10H3/t23-/m0/s1. The third kappa shape index (κ3) is 11.9. The quantitative estimate of drug-likeness (QED) is 0.0838. The normalized spacial score (nSPS) is 12.4. The summed E-state index contributed by atoms with van der Waals surface area (Å²) in [7, 11) is 4.36. The number of Topliss-reactive ketones (excluding diaryl/α,β-unsaturated/α-hetero) is 2. The highest BCUT2D eigenvalue weighted by atomic mass is 16.6. The summed E-state index contributed by atoms with van der Waals surface area (Å²) in [5.41, 5.74) is 0.186. The van der Waals surface area contributed by atoms with E-state index in [1.54, 1.807) is 73.8 Å². The fraction of sp³-hybridized carbons (Fsp3) is 0.581. The van der Waals surface area contributed by atoms with E-state index in [4.69, 9.17) is 23.7 Å². The molecule has 228 valence electrons. The van der Waals surface area contributed by atoms with Gasteiger partial charge in [0.1, 0.15) is 5.60 Å². The van der Waals surface area contributed by atoms with E-state index < -0.39 is 29.4 Å². The number of ketones is 2. The van der Waals surface area contributed by atoms with Gasteiger partial charge in [-0.25, -0.2) is 4.79 Å². The van der Waals surface area contributed by atoms with Crippen LogP contribution in [0.25, 0.3) is 0 Å². The van der Waals surface area contributed by atoms with Crippen molar-refractivity contribution in [3.05, 3.63) is 34.9 Å². The number of amides is 1. The van der Waals surface area contributed by atoms with Gasteiger partial charge in [0.05, 0.1) is 32.5 Å². The van der Waals surface area contributed by atoms with Gasteiger partial charge in [-0.05, 0) is 58.7 Å². The second-order valence-corrected chi connectivity index (χ2v) is 11.1. The van der Waals surface area contributed by atoms with Crippen LogP contribution in [0, 0.1) is 11.8 Å². The van der Waals surface area contributed by atoms with E-state index in [-0.39, 0.29) is 35.8 Å². The Labute approximate surface area is 243 Å². The lowest BCUT2D eigenvalue weighted by Gasteiger charge is -2.20. The molecule has 0 aromatic heterocycles. The van der Waals surface area contributed by atoms with Gasteiger partial charge in [-0.3, -0.25) is 14.4 Å². The van der Waals surface area contributed by atoms with Crippen LogP contribution in [0.3, 0.4) is 0 Å². The minimum atomic E-state index is -0.961. The minimum absolute atomic E-state index is 0.178. The lowest BCUT2D eigenvalue weighted by molar-refractivity contribution is -0.148. The first kappa shape index (κ1) is 35.5. The van der Waals surface area contributed by atoms with E-state index in [1.165, 1.54) is 14.2 Å². The summed E-state index contributed by atoms with van der Waals surface area (Å²) < 4.78 is 26.4. The van der Waals surface area contributed by atoms with Crippen molar-refractivity contribution in [2.45, 2.75) is 73.3 Å². The molecule has 0 saturated heterocycles. The molecule has 0 heterocycles. The topological polar surface area (TPSA) is 127 Å². The molecule has 0 radical (unpaired) electrons. The van der Waals surface area contributed by atoms with Crippen LogP contribution in [0.2, 0.25) is 0 Å². The van der Waals surface area contributed by atoms with E-state index in [0.717, 1.165) is 0 Å². The minimum Gasteiger partial charge on any atom is -0.493 e. The van der Waals surface area contributed by atoms with Crippen molar-refractivity contribution in [2.75, 3.05) is 34.5 Å². The number of aliphatic imine (C=N–C) groups is 1. The number of esters is 1. The number of carbonyl (C=O) groups is 4. The highest BCUT2D eigenvalue weighted by Gasteiger charge is 2.30. The molecule has 10 nitrogen and oxygen atoms in total. The number of methoxy groups -OCH3 is 3. The Bertz CT molecular complexity index is 1140. The van der Waals surface area contributed by atoms with Gasteiger partial charge in [0.15, 0.2) is 23.1 Å². The van der Waals surface area contributed by atoms with Crippen LogP contribution in [-0.4, -0.2) is 69.5 Å². The van der Waals surface area contributed by atoms with Crippen LogP contribution in [0.1, 0.15) is 78.1 Å². The van der Waals surface area contributed by atoms with Crippen LogP contribution in [0.4, 0.5) is 4.79 Å². The summed E-state index contributed by atoms with van der Waals surface area (Å²) in [5.74, 6) is -1.57. The molecular formula is C31H45NO9. The summed E-state index contributed by atoms with van der Waals surface area (Å²) in [6.07, 6.45) is -0.789. The van der Waals surface area contributed by atoms with Gasteiger partial charge in [-0.1, -0.05) is 19.4 Å². The van der Waals surface area contributed by atoms with E-state index in [2.05, 4.69) is 4.99 Å². The maximum atomic E-state index is 13.7. The second-order valence-electron chi connectivity index (χ2n) is 11.1. The van der Waals surface area contributed by atoms with Crippen LogP contribution in [0.15, 0.2) is 34.3 Å². The van der Waals surface area contributed by atoms with Crippen molar-refractivity contribution in [1.82, 2.24) is 0 Å². The summed E-state index contributed by atoms with van der Waals surface area (Å²) in [6, 6.07) is 4.81. The molecule has 0 aliphatic heterocycles. The smallest absolute Gasteiger partial charge is 0.434 e. The Hall–Kier alpha value is -3.53. The summed E-state index contributed by atoms with van der Waals surface area (Å²) >= 11 is 0. The first-order valence-corrected chi connectivity index (χ1v) is 13.6. The monoisotopic (exact) mass is 575 g/mol. The zero-order chi connectivity index (χ0) is 31.3. The maximum Gasteiger partial charge on any atom is 0.434 e. The predicted octanol–water partition coefficient (Wildman–Crippen LogP) is 5.80. The van der Waals surface area contributed by atoms with E-state index in [0.29, 0.717) is 42.3 Å². The molecule has 0 aliphatic carbocycles. The molecule has 0 saturated carbocycles. The van der Waals surface area contributed by atoms with Gasteiger partial charge < -0.3 is 23.7 Å². The molecule has 41 heavy (non-hydrogen) atoms. The van der Waals surface area contributed by atoms with Crippen molar-refractivity contribution >= 4 is 29.3 Å². The van der Waals surface area contributed by atoms with Gasteiger partial charge in [-0.15, -0.1) is 0 Å². The van der Waals surface area contributed by atoms with E-state index in [9.17, 15) is 19.2 Å². The molecule has 0 unspecified atom stereocenters. The van der Waals surface area contributed by atoms with Crippen molar-refractivity contribution in [3.63, 3.8) is 0 Å². The molecular weight excluding hydrogens is 530 g/mol. The second kappa shape index (κ2) is 16.7. The van der Waals surface area contributed by atoms with Crippen LogP contribution in [0.5, 0.6) is 11.5 Å². The van der Waals surface area contributed by atoms with Gasteiger partial charge in [-0.2, -0.15) is 4.99 Å². The zero-order valence-electron chi connectivity index (χ0n) is 26.0. The highest BCUT2D eigenvalue weighted by molar-refractivity contribution is 6.42. The van der Waals surface area contributed by atoms with Crippen LogP contribution < -0.4 is 9.47 Å². The number of nitrogens with zero attached hydrogens (tertiary/aromatic N) is 1. The molecule has 0 fully saturated rings. The largest absolute Gasteiger partial charge is 0.493 e. The zero-order valence-corrected chi connectivity index (χ0v) is 26.0. The maximum absolute atomic E-state index is 13.7. The Kier molecular flexibility index (Phi) is 14.4. The number of carbonyl (C=O) groups excluding carboxylic acids is 4. The van der Waals surface area contributed by atoms with Crippen molar-refractivity contribution in [1.29, 1.82) is 0 Å². The van der Waals surface area contributed by atoms with Crippen molar-refractivity contribution in [2.24, 2.45) is 16.8 Å². The molecule has 1 amide bonds. The van der Waals surface area contributed by atoms with Gasteiger partial charge >= 0.3 is 12.1 Å². The first-order valence-electron chi connectivity index (χ1n) is 13.6. The molecule has 1 atom stereocenters. The average molecular weight is 576 g/mol. The fourth-order valence-electron chi connectivity index (χ4n) is 3.80. The third-order valence-corrected chi connectivity index (χ3v) is 6.05. The predicted molar refractivity (Wildman–Crippen MR) is 156 cm³/mol. The Morgan fingerprint density at radius 1 is 0.951 bits per heavy atom. The number of hydrogen-bond acceptors (Lipinski definition) is 9. The number of hydrogen-bond donors (Lipinski definition) is 0. The molecule has 0 aliphatic rings. The summed E-state index contributed by atoms with van der Waals surface area (Å²) in [5, 5.41) is 0. The highest BCUT2D eigenvalue weighted by Crippen LogP contribution is 2.30. The SMILES string of the molecule is COCCCOc1cc(C(=O)C(CC(=NC(=O)OC(C)(C)C)C(=O)C[C@H](C(=O)OC)C(C)C)=C(C)C)ccc1OC. The van der Waals surface area contributed by atoms with E-state index in [1.807, 2.05) is 0 Å². The number of ether oxygens (including phenoxy) is 5. The van der Waals surface area contributed by atoms with Gasteiger partial charge in [0, 0.05) is 44.1 Å². The molecule has 1 rings (SSSR count). The third-order valence-electron chi connectivity index (χ3n) is 6.05. The average Bonchev–Trinajstić information content (AvgIpc) is 2.89. The van der Waals surface area contributed by atoms with Crippen LogP contribution in [-0.2, 0) is 23.8 Å². The molecule has 1 aromatic rings. The summed E-state index contributed by atoms with van der Waals surface area (Å²) in [6.45, 7) is 13.0. The lowest BCUT2D eigenvalue weighted by atomic mass is 9.87. The van der Waals surface area contributed by atoms with Gasteiger partial charge in [0.2, 0.25) is 0 Å². The summed E-state index contributed by atoms with van der Waals surface area (Å²) in [4.78, 5) is 56.2. The number of allylic oxidation sites excluding steroid dienone is 2. The molecule has 0 spiro atoms. The van der Waals surface area contributed by atoms with Gasteiger partial charge in [0.25, 0.3) is 0 Å². The van der Waals surface area contributed by atoms with Crippen molar-refractivity contribution in [3.8, 4) is 11.5 Å². The first-order chi connectivity index (χ1) is 19.1. The molecule has 1 aromatic carbocycles. The molecule has 0 N–H and O–H groups in total. The van der Waals surface area contributed by atoms with E-state index >= 15 is 0 Å². The fourth-order valence-corrected chi connectivity index (χ4v) is 3.80. The van der Waals surface area contributed by atoms with Crippen molar-refractivity contribution < 1.29 is 42.9 Å². The Morgan fingerprint density at radius 3 is 2.12 bits per heavy atom. The van der Waals surface area contributed by atoms with Crippen LogP contribution >= 0.6 is 0 Å². The molecule has 0 bridgehead atoms. The lowest BCUT2D eigenvalue weighted by Crippen LogP contribution is -2.30.